The average molecular weight is 392 g/mol. The third-order valence-electron chi connectivity index (χ3n) is 5.26. The first-order valence-corrected chi connectivity index (χ1v) is 9.60. The van der Waals surface area contributed by atoms with E-state index in [0.717, 1.165) is 12.0 Å². The second kappa shape index (κ2) is 8.00. The molecule has 8 nitrogen and oxygen atoms in total. The van der Waals surface area contributed by atoms with Gasteiger partial charge in [0.05, 0.1) is 6.54 Å². The normalized spacial score (nSPS) is 16.5. The van der Waals surface area contributed by atoms with E-state index in [1.54, 1.807) is 23.2 Å². The zero-order chi connectivity index (χ0) is 20.4. The Morgan fingerprint density at radius 3 is 2.86 bits per heavy atom. The number of aryl methyl sites for hydroxylation is 1. The van der Waals surface area contributed by atoms with Crippen LogP contribution in [0.15, 0.2) is 47.1 Å². The van der Waals surface area contributed by atoms with Crippen molar-refractivity contribution in [1.29, 1.82) is 0 Å². The maximum Gasteiger partial charge on any atom is 0.292 e. The molecule has 0 bridgehead atoms. The highest BCUT2D eigenvalue weighted by Gasteiger charge is 2.31. The molecule has 29 heavy (non-hydrogen) atoms. The lowest BCUT2D eigenvalue weighted by Crippen LogP contribution is -2.36. The average Bonchev–Trinajstić information content (AvgIpc) is 3.38. The summed E-state index contributed by atoms with van der Waals surface area (Å²) in [4.78, 5) is 25.3. The van der Waals surface area contributed by atoms with E-state index in [1.165, 1.54) is 5.56 Å². The van der Waals surface area contributed by atoms with Crippen LogP contribution in [0.2, 0.25) is 0 Å². The van der Waals surface area contributed by atoms with Crippen LogP contribution < -0.4 is 5.73 Å². The zero-order valence-electron chi connectivity index (χ0n) is 16.6. The molecule has 8 heteroatoms. The van der Waals surface area contributed by atoms with Gasteiger partial charge >= 0.3 is 0 Å². The van der Waals surface area contributed by atoms with Crippen LogP contribution in [0.25, 0.3) is 11.3 Å². The molecule has 0 radical (unpaired) electrons. The number of nitrogens with two attached hydrogens (primary N) is 1. The molecule has 1 fully saturated rings. The summed E-state index contributed by atoms with van der Waals surface area (Å²) in [5.41, 5.74) is 8.49. The van der Waals surface area contributed by atoms with E-state index in [-0.39, 0.29) is 17.7 Å². The van der Waals surface area contributed by atoms with Crippen LogP contribution in [0.3, 0.4) is 0 Å². The Bertz CT molecular complexity index is 1000. The number of aromatic nitrogens is 3. The van der Waals surface area contributed by atoms with Crippen LogP contribution in [0, 0.1) is 6.92 Å². The third-order valence-corrected chi connectivity index (χ3v) is 5.26. The fourth-order valence-corrected chi connectivity index (χ4v) is 3.52. The minimum absolute atomic E-state index is 0.132. The van der Waals surface area contributed by atoms with Crippen LogP contribution in [-0.4, -0.2) is 57.0 Å². The van der Waals surface area contributed by atoms with Gasteiger partial charge in [-0.2, -0.15) is 0 Å². The van der Waals surface area contributed by atoms with Gasteiger partial charge in [-0.05, 0) is 26.5 Å². The summed E-state index contributed by atoms with van der Waals surface area (Å²) in [6, 6.07) is 11.6. The van der Waals surface area contributed by atoms with Gasteiger partial charge in [0.1, 0.15) is 17.3 Å². The number of likely N-dealkylation sites (tertiary alicyclic amines) is 1. The second-order valence-corrected chi connectivity index (χ2v) is 7.45. The van der Waals surface area contributed by atoms with Gasteiger partial charge in [-0.15, -0.1) is 0 Å². The Morgan fingerprint density at radius 1 is 1.31 bits per heavy atom. The smallest absolute Gasteiger partial charge is 0.292 e. The van der Waals surface area contributed by atoms with Gasteiger partial charge in [0, 0.05) is 37.0 Å². The van der Waals surface area contributed by atoms with Gasteiger partial charge in [0.25, 0.3) is 5.91 Å². The predicted molar refractivity (Wildman–Crippen MR) is 109 cm³/mol. The third kappa shape index (κ3) is 4.27. The molecule has 2 N–H and O–H groups in total. The van der Waals surface area contributed by atoms with Crippen LogP contribution >= 0.6 is 0 Å². The number of nitrogens with zero attached hydrogens (tertiary/aromatic N) is 5. The summed E-state index contributed by atoms with van der Waals surface area (Å²) < 4.78 is 5.34. The number of carbonyl (C=O) groups excluding carboxylic acids is 1. The van der Waals surface area contributed by atoms with Crippen molar-refractivity contribution in [3.8, 4) is 11.3 Å². The minimum atomic E-state index is -0.132. The van der Waals surface area contributed by atoms with E-state index < -0.39 is 0 Å². The molecule has 4 rings (SSSR count). The monoisotopic (exact) mass is 392 g/mol. The van der Waals surface area contributed by atoms with E-state index in [4.69, 9.17) is 10.3 Å². The van der Waals surface area contributed by atoms with Crippen molar-refractivity contribution < 1.29 is 9.32 Å². The van der Waals surface area contributed by atoms with Crippen LogP contribution in [0.1, 0.15) is 28.4 Å². The van der Waals surface area contributed by atoms with Gasteiger partial charge in [0.2, 0.25) is 5.76 Å². The lowest BCUT2D eigenvalue weighted by molar-refractivity contribution is 0.0738. The molecule has 3 heterocycles. The predicted octanol–water partition coefficient (Wildman–Crippen LogP) is 2.37. The topological polar surface area (TPSA) is 101 Å². The zero-order valence-corrected chi connectivity index (χ0v) is 16.6. The molecular weight excluding hydrogens is 368 g/mol. The standard InChI is InChI=1S/C21H24N6O2/c1-14-3-5-15(6-4-14)17-11-18(29-25-17)21(28)27-10-8-16(12-27)26(2)13-20-23-9-7-19(22)24-20/h3-7,9,11,16H,8,10,12-13H2,1-2H3,(H2,22,23,24). The SMILES string of the molecule is Cc1ccc(-c2cc(C(=O)N3CCC(N(C)Cc4nccc(N)n4)C3)on2)cc1. The van der Waals surface area contributed by atoms with Gasteiger partial charge in [-0.1, -0.05) is 35.0 Å². The number of nitrogen functional groups attached to an aromatic ring is 1. The summed E-state index contributed by atoms with van der Waals surface area (Å²) in [5.74, 6) is 1.27. The molecule has 1 aliphatic heterocycles. The molecule has 3 aromatic rings. The maximum atomic E-state index is 12.8. The molecule has 1 amide bonds. The Morgan fingerprint density at radius 2 is 2.10 bits per heavy atom. The second-order valence-electron chi connectivity index (χ2n) is 7.45. The van der Waals surface area contributed by atoms with Crippen molar-refractivity contribution in [2.24, 2.45) is 0 Å². The van der Waals surface area contributed by atoms with E-state index in [0.29, 0.717) is 37.0 Å². The summed E-state index contributed by atoms with van der Waals surface area (Å²) in [5, 5.41) is 4.07. The van der Waals surface area contributed by atoms with Crippen LogP contribution in [0.5, 0.6) is 0 Å². The van der Waals surface area contributed by atoms with Crippen molar-refractivity contribution in [3.05, 3.63) is 59.7 Å². The van der Waals surface area contributed by atoms with Crippen molar-refractivity contribution in [2.75, 3.05) is 25.9 Å². The van der Waals surface area contributed by atoms with Gasteiger partial charge in [0.15, 0.2) is 0 Å². The first-order chi connectivity index (χ1) is 14.0. The van der Waals surface area contributed by atoms with Gasteiger partial charge in [-0.3, -0.25) is 9.69 Å². The number of hydrogen-bond acceptors (Lipinski definition) is 7. The summed E-state index contributed by atoms with van der Waals surface area (Å²) in [6.07, 6.45) is 2.54. The van der Waals surface area contributed by atoms with Crippen molar-refractivity contribution in [1.82, 2.24) is 24.9 Å². The number of anilines is 1. The van der Waals surface area contributed by atoms with Gasteiger partial charge in [-0.25, -0.2) is 9.97 Å². The molecule has 1 atom stereocenters. The Kier molecular flexibility index (Phi) is 5.26. The lowest BCUT2D eigenvalue weighted by Gasteiger charge is -2.23. The molecular formula is C21H24N6O2. The lowest BCUT2D eigenvalue weighted by atomic mass is 10.1. The molecule has 0 spiro atoms. The van der Waals surface area contributed by atoms with Gasteiger partial charge < -0.3 is 15.2 Å². The number of benzene rings is 1. The molecule has 1 aliphatic rings. The summed E-state index contributed by atoms with van der Waals surface area (Å²) in [7, 11) is 2.01. The molecule has 1 aromatic carbocycles. The molecule has 2 aromatic heterocycles. The largest absolute Gasteiger partial charge is 0.384 e. The number of hydrogen-bond donors (Lipinski definition) is 1. The molecule has 1 unspecified atom stereocenters. The maximum absolute atomic E-state index is 12.8. The summed E-state index contributed by atoms with van der Waals surface area (Å²) >= 11 is 0. The number of carbonyl (C=O) groups is 1. The number of likely N-dealkylation sites (N-methyl/N-ethyl adjacent to an activating group) is 1. The number of amides is 1. The Balaban J connectivity index is 1.38. The molecule has 150 valence electrons. The minimum Gasteiger partial charge on any atom is -0.384 e. The van der Waals surface area contributed by atoms with Crippen molar-refractivity contribution in [3.63, 3.8) is 0 Å². The highest BCUT2D eigenvalue weighted by molar-refractivity contribution is 5.92. The number of rotatable bonds is 5. The van der Waals surface area contributed by atoms with E-state index in [9.17, 15) is 4.79 Å². The first-order valence-electron chi connectivity index (χ1n) is 9.60. The quantitative estimate of drug-likeness (QED) is 0.711. The van der Waals surface area contributed by atoms with Crippen LogP contribution in [0.4, 0.5) is 5.82 Å². The Hall–Kier alpha value is -3.26. The van der Waals surface area contributed by atoms with E-state index >= 15 is 0 Å². The van der Waals surface area contributed by atoms with E-state index in [2.05, 4.69) is 20.0 Å². The summed E-state index contributed by atoms with van der Waals surface area (Å²) in [6.45, 7) is 3.91. The van der Waals surface area contributed by atoms with E-state index in [1.807, 2.05) is 38.2 Å². The molecule has 0 saturated carbocycles. The fraction of sp³-hybridized carbons (Fsp3) is 0.333. The van der Waals surface area contributed by atoms with Crippen molar-refractivity contribution in [2.45, 2.75) is 25.9 Å². The first kappa shape index (κ1) is 19.1. The highest BCUT2D eigenvalue weighted by atomic mass is 16.5. The van der Waals surface area contributed by atoms with Crippen molar-refractivity contribution >= 4 is 11.7 Å². The highest BCUT2D eigenvalue weighted by Crippen LogP contribution is 2.23. The fourth-order valence-electron chi connectivity index (χ4n) is 3.52. The molecule has 1 saturated heterocycles. The molecule has 0 aliphatic carbocycles. The Labute approximate surface area is 169 Å². The van der Waals surface area contributed by atoms with Crippen LogP contribution in [-0.2, 0) is 6.54 Å².